The van der Waals surface area contributed by atoms with Crippen molar-refractivity contribution in [3.05, 3.63) is 29.8 Å². The summed E-state index contributed by atoms with van der Waals surface area (Å²) >= 11 is 0. The topological polar surface area (TPSA) is 50.4 Å². The highest BCUT2D eigenvalue weighted by Gasteiger charge is 2.15. The molecule has 0 saturated heterocycles. The molecule has 4 nitrogen and oxygen atoms in total. The number of amides is 2. The number of rotatable bonds is 6. The first kappa shape index (κ1) is 15.7. The van der Waals surface area contributed by atoms with Crippen molar-refractivity contribution in [3.8, 4) is 5.75 Å². The van der Waals surface area contributed by atoms with Gasteiger partial charge in [0, 0.05) is 12.6 Å². The maximum atomic E-state index is 11.8. The van der Waals surface area contributed by atoms with Crippen LogP contribution >= 0.6 is 0 Å². The summed E-state index contributed by atoms with van der Waals surface area (Å²) in [6, 6.07) is 8.17. The second kappa shape index (κ2) is 8.55. The van der Waals surface area contributed by atoms with Crippen LogP contribution in [-0.4, -0.2) is 18.7 Å². The van der Waals surface area contributed by atoms with Gasteiger partial charge in [-0.1, -0.05) is 38.3 Å². The first-order valence-electron chi connectivity index (χ1n) is 8.04. The predicted octanol–water partition coefficient (Wildman–Crippen LogP) is 3.61. The fourth-order valence-electron chi connectivity index (χ4n) is 2.59. The smallest absolute Gasteiger partial charge is 0.315 e. The van der Waals surface area contributed by atoms with E-state index in [1.165, 1.54) is 19.3 Å². The van der Waals surface area contributed by atoms with Gasteiger partial charge in [0.15, 0.2) is 0 Å². The molecule has 21 heavy (non-hydrogen) atoms. The lowest BCUT2D eigenvalue weighted by Crippen LogP contribution is -2.42. The molecule has 2 N–H and O–H groups in total. The Morgan fingerprint density at radius 2 is 1.90 bits per heavy atom. The van der Waals surface area contributed by atoms with Gasteiger partial charge in [-0.05, 0) is 37.0 Å². The Hall–Kier alpha value is -1.71. The van der Waals surface area contributed by atoms with Gasteiger partial charge in [0.25, 0.3) is 0 Å². The van der Waals surface area contributed by atoms with Gasteiger partial charge in [0.1, 0.15) is 5.75 Å². The Balaban J connectivity index is 1.70. The maximum absolute atomic E-state index is 11.8. The number of carbonyl (C=O) groups is 1. The Morgan fingerprint density at radius 1 is 1.19 bits per heavy atom. The lowest BCUT2D eigenvalue weighted by molar-refractivity contribution is 0.232. The Labute approximate surface area is 127 Å². The minimum Gasteiger partial charge on any atom is -0.494 e. The number of nitrogens with one attached hydrogen (secondary N) is 2. The minimum absolute atomic E-state index is 0.0618. The zero-order valence-corrected chi connectivity index (χ0v) is 12.9. The molecule has 1 saturated carbocycles. The van der Waals surface area contributed by atoms with Crippen LogP contribution in [0.1, 0.15) is 51.0 Å². The molecule has 0 spiro atoms. The van der Waals surface area contributed by atoms with Crippen LogP contribution in [-0.2, 0) is 6.54 Å². The van der Waals surface area contributed by atoms with E-state index in [-0.39, 0.29) is 6.03 Å². The van der Waals surface area contributed by atoms with E-state index in [4.69, 9.17) is 4.74 Å². The molecule has 0 unspecified atom stereocenters. The monoisotopic (exact) mass is 290 g/mol. The van der Waals surface area contributed by atoms with Gasteiger partial charge in [0.05, 0.1) is 6.61 Å². The molecular formula is C17H26N2O2. The van der Waals surface area contributed by atoms with Crippen molar-refractivity contribution >= 4 is 6.03 Å². The van der Waals surface area contributed by atoms with Gasteiger partial charge in [0.2, 0.25) is 0 Å². The molecule has 1 aliphatic carbocycles. The van der Waals surface area contributed by atoms with Crippen molar-refractivity contribution < 1.29 is 9.53 Å². The van der Waals surface area contributed by atoms with E-state index in [2.05, 4.69) is 17.6 Å². The Bertz CT molecular complexity index is 425. The minimum atomic E-state index is -0.0618. The molecule has 0 bridgehead atoms. The summed E-state index contributed by atoms with van der Waals surface area (Å²) < 4.78 is 5.54. The standard InChI is InChI=1S/C17H26N2O2/c1-2-12-21-16-10-8-14(9-11-16)13-18-17(20)19-15-6-4-3-5-7-15/h8-11,15H,2-7,12-13H2,1H3,(H2,18,19,20). The van der Waals surface area contributed by atoms with Crippen LogP contribution in [0.3, 0.4) is 0 Å². The number of ether oxygens (including phenoxy) is 1. The highest BCUT2D eigenvalue weighted by atomic mass is 16.5. The van der Waals surface area contributed by atoms with Crippen molar-refractivity contribution in [1.82, 2.24) is 10.6 Å². The molecule has 2 rings (SSSR count). The lowest BCUT2D eigenvalue weighted by atomic mass is 9.96. The summed E-state index contributed by atoms with van der Waals surface area (Å²) in [5.74, 6) is 0.882. The van der Waals surface area contributed by atoms with Crippen molar-refractivity contribution in [1.29, 1.82) is 0 Å². The summed E-state index contributed by atoms with van der Waals surface area (Å²) in [6.45, 7) is 3.37. The first-order chi connectivity index (χ1) is 10.3. The van der Waals surface area contributed by atoms with Crippen LogP contribution < -0.4 is 15.4 Å². The van der Waals surface area contributed by atoms with Crippen LogP contribution in [0.5, 0.6) is 5.75 Å². The maximum Gasteiger partial charge on any atom is 0.315 e. The second-order valence-corrected chi connectivity index (χ2v) is 5.65. The van der Waals surface area contributed by atoms with E-state index in [1.54, 1.807) is 0 Å². The quantitative estimate of drug-likeness (QED) is 0.841. The highest BCUT2D eigenvalue weighted by Crippen LogP contribution is 2.17. The molecule has 1 aliphatic rings. The van der Waals surface area contributed by atoms with Crippen LogP contribution in [0.25, 0.3) is 0 Å². The largest absolute Gasteiger partial charge is 0.494 e. The molecule has 1 aromatic carbocycles. The summed E-state index contributed by atoms with van der Waals surface area (Å²) in [7, 11) is 0. The molecule has 0 aromatic heterocycles. The van der Waals surface area contributed by atoms with E-state index in [9.17, 15) is 4.79 Å². The number of benzene rings is 1. The van der Waals surface area contributed by atoms with E-state index >= 15 is 0 Å². The van der Waals surface area contributed by atoms with Crippen LogP contribution in [0, 0.1) is 0 Å². The van der Waals surface area contributed by atoms with Gasteiger partial charge < -0.3 is 15.4 Å². The fourth-order valence-corrected chi connectivity index (χ4v) is 2.59. The third kappa shape index (κ3) is 5.66. The molecule has 2 amide bonds. The van der Waals surface area contributed by atoms with E-state index in [1.807, 2.05) is 24.3 Å². The summed E-state index contributed by atoms with van der Waals surface area (Å²) in [5.41, 5.74) is 1.08. The van der Waals surface area contributed by atoms with Crippen molar-refractivity contribution in [2.24, 2.45) is 0 Å². The number of hydrogen-bond donors (Lipinski definition) is 2. The van der Waals surface area contributed by atoms with Gasteiger partial charge in [-0.15, -0.1) is 0 Å². The lowest BCUT2D eigenvalue weighted by Gasteiger charge is -2.22. The van der Waals surface area contributed by atoms with Crippen LogP contribution in [0.15, 0.2) is 24.3 Å². The summed E-state index contributed by atoms with van der Waals surface area (Å²) in [5, 5.41) is 5.97. The Kier molecular flexibility index (Phi) is 6.38. The van der Waals surface area contributed by atoms with Gasteiger partial charge in [-0.2, -0.15) is 0 Å². The molecule has 116 valence electrons. The highest BCUT2D eigenvalue weighted by molar-refractivity contribution is 5.74. The first-order valence-corrected chi connectivity index (χ1v) is 8.04. The summed E-state index contributed by atoms with van der Waals surface area (Å²) in [6.07, 6.45) is 6.97. The zero-order chi connectivity index (χ0) is 14.9. The average molecular weight is 290 g/mol. The van der Waals surface area contributed by atoms with Crippen LogP contribution in [0.4, 0.5) is 4.79 Å². The van der Waals surface area contributed by atoms with E-state index < -0.39 is 0 Å². The molecular weight excluding hydrogens is 264 g/mol. The molecule has 0 radical (unpaired) electrons. The van der Waals surface area contributed by atoms with Crippen LogP contribution in [0.2, 0.25) is 0 Å². The third-order valence-electron chi connectivity index (χ3n) is 3.79. The average Bonchev–Trinajstić information content (AvgIpc) is 2.53. The van der Waals surface area contributed by atoms with Crippen molar-refractivity contribution in [3.63, 3.8) is 0 Å². The Morgan fingerprint density at radius 3 is 2.57 bits per heavy atom. The zero-order valence-electron chi connectivity index (χ0n) is 12.9. The third-order valence-corrected chi connectivity index (χ3v) is 3.79. The predicted molar refractivity (Wildman–Crippen MR) is 84.5 cm³/mol. The molecule has 0 heterocycles. The SMILES string of the molecule is CCCOc1ccc(CNC(=O)NC2CCCCC2)cc1. The second-order valence-electron chi connectivity index (χ2n) is 5.65. The number of hydrogen-bond acceptors (Lipinski definition) is 2. The molecule has 0 atom stereocenters. The van der Waals surface area contributed by atoms with E-state index in [0.717, 1.165) is 37.2 Å². The van der Waals surface area contributed by atoms with Crippen molar-refractivity contribution in [2.45, 2.75) is 58.0 Å². The number of urea groups is 1. The number of carbonyl (C=O) groups excluding carboxylic acids is 1. The fraction of sp³-hybridized carbons (Fsp3) is 0.588. The molecule has 1 aromatic rings. The molecule has 1 fully saturated rings. The van der Waals surface area contributed by atoms with Gasteiger partial charge in [-0.3, -0.25) is 0 Å². The molecule has 4 heteroatoms. The van der Waals surface area contributed by atoms with Crippen molar-refractivity contribution in [2.75, 3.05) is 6.61 Å². The summed E-state index contributed by atoms with van der Waals surface area (Å²) in [4.78, 5) is 11.8. The van der Waals surface area contributed by atoms with E-state index in [0.29, 0.717) is 12.6 Å². The van der Waals surface area contributed by atoms with Gasteiger partial charge in [-0.25, -0.2) is 4.79 Å². The van der Waals surface area contributed by atoms with Gasteiger partial charge >= 0.3 is 6.03 Å². The molecule has 0 aliphatic heterocycles. The normalized spacial score (nSPS) is 15.5.